The van der Waals surface area contributed by atoms with Gasteiger partial charge in [0.2, 0.25) is 5.91 Å². The minimum absolute atomic E-state index is 0.000321. The minimum Gasteiger partial charge on any atom is -0.371 e. The number of benzene rings is 1. The summed E-state index contributed by atoms with van der Waals surface area (Å²) in [6.07, 6.45) is 1.67. The molecule has 0 radical (unpaired) electrons. The third-order valence-electron chi connectivity index (χ3n) is 3.75. The summed E-state index contributed by atoms with van der Waals surface area (Å²) < 4.78 is 11.2. The third kappa shape index (κ3) is 2.15. The fourth-order valence-corrected chi connectivity index (χ4v) is 2.75. The number of amides is 1. The van der Waals surface area contributed by atoms with E-state index in [1.165, 1.54) is 0 Å². The van der Waals surface area contributed by atoms with Crippen molar-refractivity contribution in [2.24, 2.45) is 0 Å². The molecule has 1 unspecified atom stereocenters. The Morgan fingerprint density at radius 1 is 1.30 bits per heavy atom. The summed E-state index contributed by atoms with van der Waals surface area (Å²) in [4.78, 5) is 14.4. The van der Waals surface area contributed by atoms with Gasteiger partial charge in [-0.05, 0) is 19.4 Å². The van der Waals surface area contributed by atoms with E-state index in [0.717, 1.165) is 11.1 Å². The summed E-state index contributed by atoms with van der Waals surface area (Å²) in [5, 5.41) is 0. The first-order valence-corrected chi connectivity index (χ1v) is 6.87. The molecule has 1 aromatic carbocycles. The molecule has 0 aliphatic carbocycles. The molecule has 0 N–H and O–H groups in total. The van der Waals surface area contributed by atoms with E-state index in [4.69, 9.17) is 9.47 Å². The maximum absolute atomic E-state index is 12.6. The molecule has 2 fully saturated rings. The van der Waals surface area contributed by atoms with Gasteiger partial charge in [-0.3, -0.25) is 9.69 Å². The van der Waals surface area contributed by atoms with E-state index in [9.17, 15) is 4.79 Å². The molecule has 0 aromatic heterocycles. The van der Waals surface area contributed by atoms with Crippen LogP contribution in [0.15, 0.2) is 42.0 Å². The lowest BCUT2D eigenvalue weighted by Crippen LogP contribution is -2.61. The van der Waals surface area contributed by atoms with Gasteiger partial charge in [0.25, 0.3) is 0 Å². The maximum atomic E-state index is 12.6. The van der Waals surface area contributed by atoms with Crippen molar-refractivity contribution in [3.63, 3.8) is 0 Å². The van der Waals surface area contributed by atoms with Crippen LogP contribution in [0.2, 0.25) is 0 Å². The number of hydrogen-bond acceptors (Lipinski definition) is 3. The zero-order chi connectivity index (χ0) is 14.2. The van der Waals surface area contributed by atoms with Crippen LogP contribution in [0.3, 0.4) is 0 Å². The number of nitrogens with zero attached hydrogens (tertiary/aromatic N) is 1. The standard InChI is InChI=1S/C16H19NO3/c1-12(2)8-15(18)17-14(13-6-4-3-5-7-13)9-20-16(17)10-19-11-16/h3-8,14H,9-11H2,1-2H3. The van der Waals surface area contributed by atoms with Crippen molar-refractivity contribution in [3.8, 4) is 0 Å². The summed E-state index contributed by atoms with van der Waals surface area (Å²) in [7, 11) is 0. The van der Waals surface area contributed by atoms with Gasteiger partial charge >= 0.3 is 0 Å². The highest BCUT2D eigenvalue weighted by atomic mass is 16.6. The summed E-state index contributed by atoms with van der Waals surface area (Å²) in [5.41, 5.74) is 1.53. The van der Waals surface area contributed by atoms with Crippen molar-refractivity contribution in [2.75, 3.05) is 19.8 Å². The van der Waals surface area contributed by atoms with Crippen LogP contribution < -0.4 is 0 Å². The Labute approximate surface area is 119 Å². The zero-order valence-corrected chi connectivity index (χ0v) is 11.8. The highest BCUT2D eigenvalue weighted by molar-refractivity contribution is 5.89. The number of allylic oxidation sites excluding steroid dienone is 1. The van der Waals surface area contributed by atoms with Crippen LogP contribution >= 0.6 is 0 Å². The molecule has 20 heavy (non-hydrogen) atoms. The molecule has 1 amide bonds. The molecule has 2 saturated heterocycles. The summed E-state index contributed by atoms with van der Waals surface area (Å²) in [6.45, 7) is 5.29. The topological polar surface area (TPSA) is 38.8 Å². The van der Waals surface area contributed by atoms with Gasteiger partial charge in [0, 0.05) is 6.08 Å². The molecule has 106 valence electrons. The molecular weight excluding hydrogens is 254 g/mol. The van der Waals surface area contributed by atoms with E-state index in [1.54, 1.807) is 6.08 Å². The molecule has 4 heteroatoms. The minimum atomic E-state index is -0.566. The fourth-order valence-electron chi connectivity index (χ4n) is 2.75. The monoisotopic (exact) mass is 273 g/mol. The predicted molar refractivity (Wildman–Crippen MR) is 75.0 cm³/mol. The number of carbonyl (C=O) groups is 1. The van der Waals surface area contributed by atoms with Crippen LogP contribution in [0.5, 0.6) is 0 Å². The highest BCUT2D eigenvalue weighted by Crippen LogP contribution is 2.41. The molecule has 2 heterocycles. The number of rotatable bonds is 2. The largest absolute Gasteiger partial charge is 0.371 e. The fraction of sp³-hybridized carbons (Fsp3) is 0.438. The Bertz CT molecular complexity index is 530. The lowest BCUT2D eigenvalue weighted by Gasteiger charge is -2.44. The highest BCUT2D eigenvalue weighted by Gasteiger charge is 2.55. The van der Waals surface area contributed by atoms with Gasteiger partial charge in [-0.15, -0.1) is 0 Å². The van der Waals surface area contributed by atoms with Gasteiger partial charge in [-0.25, -0.2) is 0 Å². The lowest BCUT2D eigenvalue weighted by molar-refractivity contribution is -0.239. The average molecular weight is 273 g/mol. The molecule has 0 bridgehead atoms. The second-order valence-corrected chi connectivity index (χ2v) is 5.61. The SMILES string of the molecule is CC(C)=CC(=O)N1C(c2ccccc2)COC12COC2. The quantitative estimate of drug-likeness (QED) is 0.776. The first kappa shape index (κ1) is 13.3. The van der Waals surface area contributed by atoms with Gasteiger partial charge < -0.3 is 9.47 Å². The van der Waals surface area contributed by atoms with Crippen LogP contribution in [0.25, 0.3) is 0 Å². The van der Waals surface area contributed by atoms with Crippen molar-refractivity contribution in [1.82, 2.24) is 4.90 Å². The number of carbonyl (C=O) groups excluding carboxylic acids is 1. The van der Waals surface area contributed by atoms with Crippen LogP contribution in [-0.4, -0.2) is 36.4 Å². The summed E-state index contributed by atoms with van der Waals surface area (Å²) in [6, 6.07) is 9.99. The van der Waals surface area contributed by atoms with E-state index in [1.807, 2.05) is 49.1 Å². The molecule has 2 aliphatic rings. The Morgan fingerprint density at radius 2 is 2.00 bits per heavy atom. The van der Waals surface area contributed by atoms with Crippen molar-refractivity contribution in [2.45, 2.75) is 25.6 Å². The van der Waals surface area contributed by atoms with E-state index < -0.39 is 5.72 Å². The van der Waals surface area contributed by atoms with Gasteiger partial charge in [-0.1, -0.05) is 35.9 Å². The predicted octanol–water partition coefficient (Wildman–Crippen LogP) is 2.28. The van der Waals surface area contributed by atoms with Crippen LogP contribution in [0, 0.1) is 0 Å². The second-order valence-electron chi connectivity index (χ2n) is 5.61. The van der Waals surface area contributed by atoms with Gasteiger partial charge in [0.1, 0.15) is 0 Å². The van der Waals surface area contributed by atoms with Gasteiger partial charge in [-0.2, -0.15) is 0 Å². The molecule has 4 nitrogen and oxygen atoms in total. The van der Waals surface area contributed by atoms with E-state index in [2.05, 4.69) is 0 Å². The van der Waals surface area contributed by atoms with Gasteiger partial charge in [0.05, 0.1) is 25.9 Å². The van der Waals surface area contributed by atoms with Gasteiger partial charge in [0.15, 0.2) is 5.72 Å². The normalized spacial score (nSPS) is 23.5. The van der Waals surface area contributed by atoms with Crippen LogP contribution in [-0.2, 0) is 14.3 Å². The number of hydrogen-bond donors (Lipinski definition) is 0. The van der Waals surface area contributed by atoms with Crippen molar-refractivity contribution < 1.29 is 14.3 Å². The first-order chi connectivity index (χ1) is 9.62. The molecule has 0 saturated carbocycles. The summed E-state index contributed by atoms with van der Waals surface area (Å²) in [5.74, 6) is -0.000321. The Morgan fingerprint density at radius 3 is 2.55 bits per heavy atom. The molecule has 2 aliphatic heterocycles. The molecular formula is C16H19NO3. The molecule has 1 aromatic rings. The van der Waals surface area contributed by atoms with Crippen molar-refractivity contribution in [3.05, 3.63) is 47.5 Å². The summed E-state index contributed by atoms with van der Waals surface area (Å²) >= 11 is 0. The van der Waals surface area contributed by atoms with Crippen LogP contribution in [0.1, 0.15) is 25.5 Å². The van der Waals surface area contributed by atoms with E-state index >= 15 is 0 Å². The Balaban J connectivity index is 1.94. The van der Waals surface area contributed by atoms with Crippen molar-refractivity contribution >= 4 is 5.91 Å². The number of ether oxygens (including phenoxy) is 2. The second kappa shape index (κ2) is 5.04. The maximum Gasteiger partial charge on any atom is 0.249 e. The Kier molecular flexibility index (Phi) is 3.36. The van der Waals surface area contributed by atoms with E-state index in [-0.39, 0.29) is 11.9 Å². The molecule has 3 rings (SSSR count). The first-order valence-electron chi connectivity index (χ1n) is 6.87. The van der Waals surface area contributed by atoms with Crippen molar-refractivity contribution in [1.29, 1.82) is 0 Å². The third-order valence-corrected chi connectivity index (χ3v) is 3.75. The van der Waals surface area contributed by atoms with E-state index in [0.29, 0.717) is 19.8 Å². The van der Waals surface area contributed by atoms with Crippen LogP contribution in [0.4, 0.5) is 0 Å². The lowest BCUT2D eigenvalue weighted by atomic mass is 10.0. The Hall–Kier alpha value is -1.65. The molecule has 1 atom stereocenters. The smallest absolute Gasteiger partial charge is 0.249 e. The average Bonchev–Trinajstić information content (AvgIpc) is 2.79. The molecule has 1 spiro atoms. The zero-order valence-electron chi connectivity index (χ0n) is 11.8.